The molecule has 2 aliphatic rings. The molecule has 1 saturated heterocycles. The van der Waals surface area contributed by atoms with E-state index in [9.17, 15) is 14.7 Å². The summed E-state index contributed by atoms with van der Waals surface area (Å²) in [4.78, 5) is 29.1. The molecule has 1 amide bonds. The first-order valence-corrected chi connectivity index (χ1v) is 17.6. The molecule has 1 aliphatic heterocycles. The Hall–Kier alpha value is -3.12. The highest BCUT2D eigenvalue weighted by atomic mass is 35.5. The number of amides is 1. The van der Waals surface area contributed by atoms with E-state index in [4.69, 9.17) is 42.1 Å². The van der Waals surface area contributed by atoms with E-state index >= 15 is 0 Å². The minimum Gasteiger partial charge on any atom is -0.491 e. The van der Waals surface area contributed by atoms with Crippen molar-refractivity contribution in [3.05, 3.63) is 91.3 Å². The summed E-state index contributed by atoms with van der Waals surface area (Å²) in [7, 11) is 3.34. The third-order valence-corrected chi connectivity index (χ3v) is 9.65. The summed E-state index contributed by atoms with van der Waals surface area (Å²) in [5.41, 5.74) is 1.75. The molecule has 2 atom stereocenters. The number of aliphatic hydroxyl groups is 1. The van der Waals surface area contributed by atoms with Gasteiger partial charge < -0.3 is 33.9 Å². The normalized spacial score (nSPS) is 19.5. The van der Waals surface area contributed by atoms with Crippen LogP contribution in [-0.2, 0) is 39.4 Å². The highest BCUT2D eigenvalue weighted by molar-refractivity contribution is 6.37. The van der Waals surface area contributed by atoms with Gasteiger partial charge in [-0.3, -0.25) is 14.5 Å². The third kappa shape index (κ3) is 9.99. The minimum absolute atomic E-state index is 0.131. The summed E-state index contributed by atoms with van der Waals surface area (Å²) < 4.78 is 23.7. The molecular weight excluding hydrogens is 669 g/mol. The number of nitrogens with one attached hydrogen (secondary N) is 1. The number of halogens is 2. The molecule has 1 aromatic heterocycles. The fraction of sp³-hybridized carbons (Fsp3) is 0.514. The first-order valence-electron chi connectivity index (χ1n) is 16.9. The van der Waals surface area contributed by atoms with Crippen LogP contribution in [0.3, 0.4) is 0 Å². The second kappa shape index (κ2) is 17.2. The Morgan fingerprint density at radius 3 is 2.41 bits per heavy atom. The topological polar surface area (TPSA) is 111 Å². The number of ether oxygens (including phenoxy) is 4. The average Bonchev–Trinajstić information content (AvgIpc) is 3.88. The first-order chi connectivity index (χ1) is 23.6. The minimum atomic E-state index is -1.51. The van der Waals surface area contributed by atoms with Gasteiger partial charge in [0.15, 0.2) is 5.75 Å². The molecule has 2 aromatic carbocycles. The molecule has 1 aliphatic carbocycles. The molecule has 49 heavy (non-hydrogen) atoms. The van der Waals surface area contributed by atoms with E-state index in [0.29, 0.717) is 60.8 Å². The molecule has 5 rings (SSSR count). The molecule has 2 unspecified atom stereocenters. The van der Waals surface area contributed by atoms with E-state index in [-0.39, 0.29) is 37.1 Å². The number of methoxy groups -OCH3 is 2. The molecule has 2 fully saturated rings. The molecule has 0 bridgehead atoms. The maximum Gasteiger partial charge on any atom is 0.251 e. The molecule has 0 spiro atoms. The standard InChI is InChI=1S/C37H47Cl2N3O7/c1-25-17-32(38)35(33(39)18-25)49-14-12-42-10-8-28(22-34(42)43)37(45)9-11-41(24-31(37)36(44)40-29-6-7-29)23-27-19-26(5-4-13-46-2)20-30(21-27)48-16-15-47-3/h8,10,17-22,29,31,45H,4-7,9,11-16,23-24H2,1-3H3,(H,40,44). The second-order valence-corrected chi connectivity index (χ2v) is 13.8. The number of hydrogen-bond acceptors (Lipinski definition) is 8. The van der Waals surface area contributed by atoms with Crippen molar-refractivity contribution in [1.82, 2.24) is 14.8 Å². The lowest BCUT2D eigenvalue weighted by Gasteiger charge is -2.44. The van der Waals surface area contributed by atoms with Crippen LogP contribution in [0.2, 0.25) is 10.0 Å². The van der Waals surface area contributed by atoms with Crippen molar-refractivity contribution >= 4 is 29.1 Å². The van der Waals surface area contributed by atoms with Crippen LogP contribution in [0.1, 0.15) is 47.9 Å². The zero-order chi connectivity index (χ0) is 35.0. The van der Waals surface area contributed by atoms with Crippen molar-refractivity contribution in [2.45, 2.75) is 63.8 Å². The van der Waals surface area contributed by atoms with Gasteiger partial charge in [-0.05, 0) is 91.6 Å². The van der Waals surface area contributed by atoms with Gasteiger partial charge >= 0.3 is 0 Å². The summed E-state index contributed by atoms with van der Waals surface area (Å²) >= 11 is 12.6. The SMILES string of the molecule is COCCCc1cc(CN2CCC(O)(c3ccn(CCOc4c(Cl)cc(C)cc4Cl)c(=O)c3)C(C(=O)NC3CC3)C2)cc(OCCOC)c1. The van der Waals surface area contributed by atoms with Gasteiger partial charge in [0.1, 0.15) is 24.6 Å². The Kier molecular flexibility index (Phi) is 13.0. The monoisotopic (exact) mass is 715 g/mol. The number of likely N-dealkylation sites (tertiary alicyclic amines) is 1. The van der Waals surface area contributed by atoms with Gasteiger partial charge in [-0.2, -0.15) is 0 Å². The number of hydrogen-bond donors (Lipinski definition) is 2. The predicted molar refractivity (Wildman–Crippen MR) is 190 cm³/mol. The number of rotatable bonds is 17. The predicted octanol–water partition coefficient (Wildman–Crippen LogP) is 5.14. The summed E-state index contributed by atoms with van der Waals surface area (Å²) in [6, 6.07) is 13.1. The van der Waals surface area contributed by atoms with E-state index in [2.05, 4.69) is 22.3 Å². The van der Waals surface area contributed by atoms with Gasteiger partial charge in [-0.1, -0.05) is 29.3 Å². The van der Waals surface area contributed by atoms with Crippen molar-refractivity contribution in [3.63, 3.8) is 0 Å². The summed E-state index contributed by atoms with van der Waals surface area (Å²) in [6.07, 6.45) is 5.52. The summed E-state index contributed by atoms with van der Waals surface area (Å²) in [5.74, 6) is 0.177. The van der Waals surface area contributed by atoms with Gasteiger partial charge in [-0.25, -0.2) is 0 Å². The molecule has 1 saturated carbocycles. The van der Waals surface area contributed by atoms with Crippen LogP contribution in [0, 0.1) is 12.8 Å². The average molecular weight is 717 g/mol. The molecule has 12 heteroatoms. The maximum atomic E-state index is 13.7. The van der Waals surface area contributed by atoms with E-state index in [1.54, 1.807) is 38.6 Å². The van der Waals surface area contributed by atoms with Gasteiger partial charge in [0.25, 0.3) is 5.56 Å². The lowest BCUT2D eigenvalue weighted by molar-refractivity contribution is -0.144. The lowest BCUT2D eigenvalue weighted by atomic mass is 9.75. The van der Waals surface area contributed by atoms with Crippen LogP contribution in [0.4, 0.5) is 0 Å². The number of nitrogens with zero attached hydrogens (tertiary/aromatic N) is 2. The third-order valence-electron chi connectivity index (χ3n) is 9.09. The maximum absolute atomic E-state index is 13.7. The highest BCUT2D eigenvalue weighted by Gasteiger charge is 2.48. The fourth-order valence-corrected chi connectivity index (χ4v) is 7.03. The Bertz CT molecular complexity index is 1600. The molecule has 2 heterocycles. The van der Waals surface area contributed by atoms with Crippen LogP contribution in [0.15, 0.2) is 53.5 Å². The number of benzene rings is 2. The largest absolute Gasteiger partial charge is 0.491 e. The Morgan fingerprint density at radius 1 is 0.980 bits per heavy atom. The Balaban J connectivity index is 1.31. The van der Waals surface area contributed by atoms with Crippen molar-refractivity contribution in [2.24, 2.45) is 5.92 Å². The number of carbonyl (C=O) groups excluding carboxylic acids is 1. The van der Waals surface area contributed by atoms with E-state index in [1.165, 1.54) is 10.6 Å². The fourth-order valence-electron chi connectivity index (χ4n) is 6.32. The van der Waals surface area contributed by atoms with Crippen molar-refractivity contribution in [1.29, 1.82) is 0 Å². The second-order valence-electron chi connectivity index (χ2n) is 13.0. The zero-order valence-electron chi connectivity index (χ0n) is 28.5. The van der Waals surface area contributed by atoms with Crippen LogP contribution >= 0.6 is 23.2 Å². The quantitative estimate of drug-likeness (QED) is 0.185. The van der Waals surface area contributed by atoms with Crippen LogP contribution in [-0.4, -0.2) is 80.3 Å². The van der Waals surface area contributed by atoms with Crippen LogP contribution in [0.5, 0.6) is 11.5 Å². The summed E-state index contributed by atoms with van der Waals surface area (Å²) in [5, 5.41) is 16.1. The lowest BCUT2D eigenvalue weighted by Crippen LogP contribution is -2.56. The van der Waals surface area contributed by atoms with Crippen LogP contribution < -0.4 is 20.3 Å². The Morgan fingerprint density at radius 2 is 1.71 bits per heavy atom. The number of aryl methyl sites for hydroxylation is 2. The molecule has 2 N–H and O–H groups in total. The Labute approximate surface area is 298 Å². The number of pyridine rings is 1. The van der Waals surface area contributed by atoms with E-state index in [1.807, 2.05) is 13.0 Å². The van der Waals surface area contributed by atoms with E-state index in [0.717, 1.165) is 48.1 Å². The van der Waals surface area contributed by atoms with Gasteiger partial charge in [0.2, 0.25) is 5.91 Å². The van der Waals surface area contributed by atoms with Crippen molar-refractivity contribution in [2.75, 3.05) is 53.7 Å². The summed E-state index contributed by atoms with van der Waals surface area (Å²) in [6.45, 7) is 5.35. The number of aromatic nitrogens is 1. The zero-order valence-corrected chi connectivity index (χ0v) is 30.0. The first kappa shape index (κ1) is 37.1. The molecule has 0 radical (unpaired) electrons. The molecular formula is C37H47Cl2N3O7. The number of piperidine rings is 1. The van der Waals surface area contributed by atoms with Gasteiger partial charge in [-0.15, -0.1) is 0 Å². The van der Waals surface area contributed by atoms with Crippen molar-refractivity contribution < 1.29 is 28.8 Å². The molecule has 3 aromatic rings. The number of carbonyl (C=O) groups is 1. The van der Waals surface area contributed by atoms with E-state index < -0.39 is 11.5 Å². The molecule has 10 nitrogen and oxygen atoms in total. The van der Waals surface area contributed by atoms with Gasteiger partial charge in [0.05, 0.1) is 29.1 Å². The van der Waals surface area contributed by atoms with Crippen molar-refractivity contribution in [3.8, 4) is 11.5 Å². The smallest absolute Gasteiger partial charge is 0.251 e. The molecule has 266 valence electrons. The van der Waals surface area contributed by atoms with Gasteiger partial charge in [0, 0.05) is 58.8 Å². The highest BCUT2D eigenvalue weighted by Crippen LogP contribution is 2.39. The van der Waals surface area contributed by atoms with Crippen LogP contribution in [0.25, 0.3) is 0 Å².